The fourth-order valence-electron chi connectivity index (χ4n) is 0.904. The summed E-state index contributed by atoms with van der Waals surface area (Å²) < 4.78 is 10.8. The van der Waals surface area contributed by atoms with E-state index < -0.39 is 0 Å². The summed E-state index contributed by atoms with van der Waals surface area (Å²) in [7, 11) is 0. The monoisotopic (exact) mass is 262 g/mol. The zero-order valence-corrected chi connectivity index (χ0v) is 8.42. The van der Waals surface area contributed by atoms with Crippen molar-refractivity contribution in [2.45, 2.75) is 13.8 Å². The number of fused-ring (bicyclic) bond motifs is 1. The first-order valence-corrected chi connectivity index (χ1v) is 5.31. The van der Waals surface area contributed by atoms with E-state index in [9.17, 15) is 0 Å². The minimum Gasteiger partial charge on any atom is -0.359 e. The number of aryl methyl sites for hydroxylation is 1. The van der Waals surface area contributed by atoms with Gasteiger partial charge in [-0.05, 0) is 19.9 Å². The van der Waals surface area contributed by atoms with E-state index >= 15 is 0 Å². The van der Waals surface area contributed by atoms with E-state index in [2.05, 4.69) is 21.3 Å². The van der Waals surface area contributed by atoms with Crippen molar-refractivity contribution >= 4 is 32.8 Å². The van der Waals surface area contributed by atoms with E-state index in [0.29, 0.717) is 0 Å². The molecule has 4 heteroatoms. The van der Waals surface area contributed by atoms with Crippen molar-refractivity contribution in [3.05, 3.63) is 15.0 Å². The number of halogens is 1. The van der Waals surface area contributed by atoms with Gasteiger partial charge in [-0.2, -0.15) is 0 Å². The highest BCUT2D eigenvalue weighted by Crippen LogP contribution is 2.36. The Kier molecular flexibility index (Phi) is 1.63. The topological polar surface area (TPSA) is 38.4 Å². The summed E-state index contributed by atoms with van der Waals surface area (Å²) in [6, 6.07) is 0. The van der Waals surface area contributed by atoms with Gasteiger partial charge in [-0.3, -0.25) is 0 Å². The maximum Gasteiger partial charge on any atom is 0.160 e. The summed E-state index contributed by atoms with van der Waals surface area (Å²) in [6.07, 6.45) is 2.06. The van der Waals surface area contributed by atoms with Crippen molar-refractivity contribution in [1.29, 1.82) is 0 Å². The molecule has 1 aliphatic heterocycles. The molecule has 0 radical (unpaired) electrons. The summed E-state index contributed by atoms with van der Waals surface area (Å²) in [6.45, 7) is 3.98. The largest absolute Gasteiger partial charge is 0.359 e. The Morgan fingerprint density at radius 2 is 2.27 bits per heavy atom. The zero-order valence-electron chi connectivity index (χ0n) is 6.26. The first-order valence-electron chi connectivity index (χ1n) is 3.27. The van der Waals surface area contributed by atoms with Gasteiger partial charge in [0, 0.05) is 24.6 Å². The number of hydrogen-bond donors (Lipinski definition) is 0. The molecule has 11 heavy (non-hydrogen) atoms. The first-order chi connectivity index (χ1) is 5.27. The van der Waals surface area contributed by atoms with Crippen LogP contribution in [-0.2, 0) is 0 Å². The highest BCUT2D eigenvalue weighted by Gasteiger charge is 2.12. The molecule has 0 saturated carbocycles. The molecule has 0 fully saturated rings. The van der Waals surface area contributed by atoms with E-state index in [-0.39, 0.29) is 21.0 Å². The van der Waals surface area contributed by atoms with E-state index in [4.69, 9.17) is 4.52 Å². The fourth-order valence-corrected chi connectivity index (χ4v) is 2.55. The van der Waals surface area contributed by atoms with Crippen molar-refractivity contribution in [1.82, 2.24) is 5.16 Å². The van der Waals surface area contributed by atoms with Crippen molar-refractivity contribution in [3.63, 3.8) is 0 Å². The Hall–Kier alpha value is -0.520. The Balaban J connectivity index is 2.64. The third kappa shape index (κ3) is 1.15. The van der Waals surface area contributed by atoms with Crippen LogP contribution < -0.4 is 0 Å². The molecule has 2 rings (SSSR count). The van der Waals surface area contributed by atoms with Crippen LogP contribution in [0.25, 0.3) is 6.08 Å². The molecule has 0 bridgehead atoms. The molecule has 0 spiro atoms. The van der Waals surface area contributed by atoms with Crippen molar-refractivity contribution in [2.75, 3.05) is 0 Å². The molecule has 0 aliphatic carbocycles. The fraction of sp³-hybridized carbons (Fsp3) is 0.286. The van der Waals surface area contributed by atoms with E-state index in [0.717, 1.165) is 17.1 Å². The molecule has 3 nitrogen and oxygen atoms in total. The van der Waals surface area contributed by atoms with Gasteiger partial charge in [0.25, 0.3) is 0 Å². The van der Waals surface area contributed by atoms with Gasteiger partial charge in [0.2, 0.25) is 0 Å². The predicted octanol–water partition coefficient (Wildman–Crippen LogP) is 3.14. The first kappa shape index (κ1) is 7.15. The van der Waals surface area contributed by atoms with Crippen molar-refractivity contribution in [2.24, 2.45) is 3.15 Å². The van der Waals surface area contributed by atoms with Crippen LogP contribution in [0.3, 0.4) is 0 Å². The van der Waals surface area contributed by atoms with Gasteiger partial charge in [-0.15, -0.1) is 0 Å². The lowest BCUT2D eigenvalue weighted by Crippen LogP contribution is -1.74. The molecule has 0 amide bonds. The SMILES string of the molecule is CC1=Cc2noc(C)c2N=I1. The molecule has 0 N–H and O–H groups in total. The van der Waals surface area contributed by atoms with Gasteiger partial charge in [-0.1, -0.05) is 5.16 Å². The second kappa shape index (κ2) is 2.51. The Bertz CT molecular complexity index is 351. The minimum absolute atomic E-state index is 0.142. The van der Waals surface area contributed by atoms with Crippen LogP contribution in [0.4, 0.5) is 5.69 Å². The Morgan fingerprint density at radius 1 is 1.45 bits per heavy atom. The second-order valence-electron chi connectivity index (χ2n) is 2.37. The average Bonchev–Trinajstić information content (AvgIpc) is 2.32. The van der Waals surface area contributed by atoms with Crippen LogP contribution in [0.5, 0.6) is 0 Å². The van der Waals surface area contributed by atoms with Gasteiger partial charge in [0.05, 0.1) is 0 Å². The summed E-state index contributed by atoms with van der Waals surface area (Å²) in [4.78, 5) is 0. The van der Waals surface area contributed by atoms with Gasteiger partial charge >= 0.3 is 0 Å². The number of rotatable bonds is 0. The maximum absolute atomic E-state index is 5.00. The molecule has 0 saturated heterocycles. The highest BCUT2D eigenvalue weighted by atomic mass is 127. The Morgan fingerprint density at radius 3 is 3.09 bits per heavy atom. The Labute approximate surface area is 74.6 Å². The number of aromatic nitrogens is 1. The highest BCUT2D eigenvalue weighted by molar-refractivity contribution is 14.2. The molecular formula is C7H7IN2O. The number of allylic oxidation sites excluding steroid dienone is 1. The van der Waals surface area contributed by atoms with Crippen molar-refractivity contribution in [3.8, 4) is 0 Å². The third-order valence-corrected chi connectivity index (χ3v) is 3.25. The summed E-state index contributed by atoms with van der Waals surface area (Å²) >= 11 is -0.142. The van der Waals surface area contributed by atoms with Crippen LogP contribution in [0, 0.1) is 6.92 Å². The molecule has 2 heterocycles. The van der Waals surface area contributed by atoms with Gasteiger partial charge in [0.1, 0.15) is 11.4 Å². The summed E-state index contributed by atoms with van der Waals surface area (Å²) in [5.41, 5.74) is 1.86. The summed E-state index contributed by atoms with van der Waals surface area (Å²) in [5, 5.41) is 3.88. The smallest absolute Gasteiger partial charge is 0.160 e. The summed E-state index contributed by atoms with van der Waals surface area (Å²) in [5.74, 6) is 0.837. The molecule has 1 aromatic rings. The standard InChI is InChI=1S/C7H7IN2O/c1-4-3-6-7(9-8-4)5(2)11-10-6/h3H,1-2H3. The van der Waals surface area contributed by atoms with Crippen LogP contribution in [0.15, 0.2) is 11.2 Å². The number of hydrogen-bond acceptors (Lipinski definition) is 3. The third-order valence-electron chi connectivity index (χ3n) is 1.45. The average molecular weight is 262 g/mol. The van der Waals surface area contributed by atoms with Crippen LogP contribution in [-0.4, -0.2) is 5.16 Å². The quantitative estimate of drug-likeness (QED) is 0.673. The second-order valence-corrected chi connectivity index (χ2v) is 5.04. The van der Waals surface area contributed by atoms with E-state index in [1.165, 1.54) is 3.58 Å². The molecule has 0 aromatic carbocycles. The molecule has 58 valence electrons. The van der Waals surface area contributed by atoms with Crippen molar-refractivity contribution < 1.29 is 4.52 Å². The molecular weight excluding hydrogens is 255 g/mol. The lowest BCUT2D eigenvalue weighted by atomic mass is 10.3. The van der Waals surface area contributed by atoms with Crippen LogP contribution in [0.2, 0.25) is 0 Å². The maximum atomic E-state index is 5.00. The van der Waals surface area contributed by atoms with Gasteiger partial charge in [0.15, 0.2) is 5.76 Å². The lowest BCUT2D eigenvalue weighted by molar-refractivity contribution is 0.396. The predicted molar refractivity (Wildman–Crippen MR) is 51.0 cm³/mol. The van der Waals surface area contributed by atoms with Crippen LogP contribution >= 0.6 is 21.0 Å². The lowest BCUT2D eigenvalue weighted by Gasteiger charge is -1.96. The normalized spacial score (nSPS) is 15.3. The van der Waals surface area contributed by atoms with E-state index in [1.54, 1.807) is 0 Å². The molecule has 1 aromatic heterocycles. The molecule has 0 unspecified atom stereocenters. The molecule has 1 aliphatic rings. The zero-order chi connectivity index (χ0) is 7.84. The van der Waals surface area contributed by atoms with Crippen LogP contribution in [0.1, 0.15) is 18.4 Å². The van der Waals surface area contributed by atoms with Gasteiger partial charge in [-0.25, -0.2) is 3.15 Å². The minimum atomic E-state index is -0.142. The molecule has 0 atom stereocenters. The number of nitrogens with zero attached hydrogens (tertiary/aromatic N) is 2. The van der Waals surface area contributed by atoms with Gasteiger partial charge < -0.3 is 4.52 Å². The van der Waals surface area contributed by atoms with E-state index in [1.807, 2.05) is 6.92 Å².